The summed E-state index contributed by atoms with van der Waals surface area (Å²) in [5.41, 5.74) is 1.56. The maximum absolute atomic E-state index is 12.3. The predicted octanol–water partition coefficient (Wildman–Crippen LogP) is 3.30. The van der Waals surface area contributed by atoms with E-state index in [0.29, 0.717) is 5.02 Å². The van der Waals surface area contributed by atoms with Crippen LogP contribution < -0.4 is 5.32 Å². The first kappa shape index (κ1) is 15.5. The van der Waals surface area contributed by atoms with Gasteiger partial charge in [-0.1, -0.05) is 41.9 Å². The van der Waals surface area contributed by atoms with E-state index >= 15 is 0 Å². The molecule has 0 saturated carbocycles. The molecule has 2 rings (SSSR count). The Morgan fingerprint density at radius 3 is 2.52 bits per heavy atom. The molecule has 0 aliphatic carbocycles. The van der Waals surface area contributed by atoms with E-state index in [1.807, 2.05) is 37.3 Å². The third-order valence-corrected chi connectivity index (χ3v) is 3.35. The molecule has 0 saturated heterocycles. The van der Waals surface area contributed by atoms with Gasteiger partial charge >= 0.3 is 0 Å². The van der Waals surface area contributed by atoms with Crippen molar-refractivity contribution in [1.82, 2.24) is 10.3 Å². The van der Waals surface area contributed by atoms with Crippen molar-refractivity contribution in [3.63, 3.8) is 0 Å². The van der Waals surface area contributed by atoms with Crippen LogP contribution >= 0.6 is 11.6 Å². The van der Waals surface area contributed by atoms with Crippen LogP contribution in [0.1, 0.15) is 30.3 Å². The summed E-state index contributed by atoms with van der Waals surface area (Å²) in [6.45, 7) is 1.87. The van der Waals surface area contributed by atoms with Gasteiger partial charge in [-0.15, -0.1) is 0 Å². The van der Waals surface area contributed by atoms with E-state index in [2.05, 4.69) is 10.3 Å². The fourth-order valence-electron chi connectivity index (χ4n) is 2.03. The lowest BCUT2D eigenvalue weighted by atomic mass is 10.1. The minimum atomic E-state index is -0.638. The fraction of sp³-hybridized carbons (Fsp3) is 0.250. The average molecular weight is 305 g/mol. The quantitative estimate of drug-likeness (QED) is 0.922. The van der Waals surface area contributed by atoms with E-state index in [9.17, 15) is 4.79 Å². The summed E-state index contributed by atoms with van der Waals surface area (Å²) in [6, 6.07) is 12.7. The third-order valence-electron chi connectivity index (χ3n) is 3.13. The standard InChI is InChI=1S/C16H17ClN2O2/c1-11(14-9-8-13(17)10-18-14)19-16(20)15(21-2)12-6-4-3-5-7-12/h3-11,15H,1-2H3,(H,19,20)/t11-,15-/m0/s1. The zero-order chi connectivity index (χ0) is 15.2. The molecule has 0 unspecified atom stereocenters. The molecule has 0 radical (unpaired) electrons. The number of aromatic nitrogens is 1. The number of amides is 1. The van der Waals surface area contributed by atoms with Gasteiger partial charge in [0.05, 0.1) is 16.8 Å². The number of halogens is 1. The first-order valence-electron chi connectivity index (χ1n) is 6.61. The van der Waals surface area contributed by atoms with Gasteiger partial charge in [-0.25, -0.2) is 0 Å². The number of pyridine rings is 1. The second-order valence-corrected chi connectivity index (χ2v) is 5.09. The van der Waals surface area contributed by atoms with Crippen LogP contribution in [0.15, 0.2) is 48.7 Å². The second-order valence-electron chi connectivity index (χ2n) is 4.66. The van der Waals surface area contributed by atoms with Crippen LogP contribution in [0.3, 0.4) is 0 Å². The zero-order valence-corrected chi connectivity index (χ0v) is 12.7. The van der Waals surface area contributed by atoms with Crippen molar-refractivity contribution in [1.29, 1.82) is 0 Å². The molecule has 2 aromatic rings. The lowest BCUT2D eigenvalue weighted by molar-refractivity contribution is -0.132. The van der Waals surface area contributed by atoms with Crippen LogP contribution in [0.2, 0.25) is 5.02 Å². The number of nitrogens with one attached hydrogen (secondary N) is 1. The number of ether oxygens (including phenoxy) is 1. The summed E-state index contributed by atoms with van der Waals surface area (Å²) in [5, 5.41) is 3.46. The van der Waals surface area contributed by atoms with Crippen LogP contribution in [0.4, 0.5) is 0 Å². The Morgan fingerprint density at radius 2 is 1.95 bits per heavy atom. The Hall–Kier alpha value is -1.91. The van der Waals surface area contributed by atoms with E-state index in [1.54, 1.807) is 18.3 Å². The van der Waals surface area contributed by atoms with Gasteiger partial charge in [-0.05, 0) is 24.6 Å². The summed E-state index contributed by atoms with van der Waals surface area (Å²) < 4.78 is 5.30. The molecular formula is C16H17ClN2O2. The Morgan fingerprint density at radius 1 is 1.24 bits per heavy atom. The van der Waals surface area contributed by atoms with E-state index in [0.717, 1.165) is 11.3 Å². The van der Waals surface area contributed by atoms with E-state index in [4.69, 9.17) is 16.3 Å². The molecule has 1 heterocycles. The van der Waals surface area contributed by atoms with Crippen LogP contribution in [0.5, 0.6) is 0 Å². The van der Waals surface area contributed by atoms with Gasteiger partial charge in [0.2, 0.25) is 0 Å². The lowest BCUT2D eigenvalue weighted by Gasteiger charge is -2.19. The molecule has 5 heteroatoms. The second kappa shape index (κ2) is 7.20. The normalized spacial score (nSPS) is 13.5. The molecule has 1 aromatic heterocycles. The summed E-state index contributed by atoms with van der Waals surface area (Å²) >= 11 is 5.81. The fourth-order valence-corrected chi connectivity index (χ4v) is 2.14. The van der Waals surface area contributed by atoms with Crippen molar-refractivity contribution in [2.24, 2.45) is 0 Å². The summed E-state index contributed by atoms with van der Waals surface area (Å²) in [5.74, 6) is -0.201. The van der Waals surface area contributed by atoms with Crippen molar-refractivity contribution in [3.05, 3.63) is 64.9 Å². The minimum absolute atomic E-state index is 0.201. The van der Waals surface area contributed by atoms with Gasteiger partial charge in [-0.3, -0.25) is 9.78 Å². The summed E-state index contributed by atoms with van der Waals surface area (Å²) in [6.07, 6.45) is 0.922. The molecule has 2 atom stereocenters. The number of carbonyl (C=O) groups excluding carboxylic acids is 1. The number of rotatable bonds is 5. The third kappa shape index (κ3) is 4.03. The Balaban J connectivity index is 2.07. The smallest absolute Gasteiger partial charge is 0.254 e. The SMILES string of the molecule is CO[C@H](C(=O)N[C@@H](C)c1ccc(Cl)cn1)c1ccccc1. The number of hydrogen-bond acceptors (Lipinski definition) is 3. The maximum Gasteiger partial charge on any atom is 0.254 e. The van der Waals surface area contributed by atoms with Gasteiger partial charge in [0.15, 0.2) is 6.10 Å². The molecule has 0 bridgehead atoms. The highest BCUT2D eigenvalue weighted by Crippen LogP contribution is 2.19. The van der Waals surface area contributed by atoms with Crippen LogP contribution in [-0.2, 0) is 9.53 Å². The number of nitrogens with zero attached hydrogens (tertiary/aromatic N) is 1. The monoisotopic (exact) mass is 304 g/mol. The largest absolute Gasteiger partial charge is 0.367 e. The molecule has 21 heavy (non-hydrogen) atoms. The number of hydrogen-bond donors (Lipinski definition) is 1. The average Bonchev–Trinajstić information content (AvgIpc) is 2.49. The van der Waals surface area contributed by atoms with Crippen LogP contribution in [-0.4, -0.2) is 18.0 Å². The summed E-state index contributed by atoms with van der Waals surface area (Å²) in [4.78, 5) is 16.5. The van der Waals surface area contributed by atoms with E-state index in [1.165, 1.54) is 7.11 Å². The number of methoxy groups -OCH3 is 1. The molecule has 0 fully saturated rings. The zero-order valence-electron chi connectivity index (χ0n) is 11.9. The highest BCUT2D eigenvalue weighted by molar-refractivity contribution is 6.30. The molecule has 0 spiro atoms. The topological polar surface area (TPSA) is 51.2 Å². The van der Waals surface area contributed by atoms with Crippen molar-refractivity contribution in [2.75, 3.05) is 7.11 Å². The molecule has 1 aromatic carbocycles. The molecule has 1 N–H and O–H groups in total. The molecule has 4 nitrogen and oxygen atoms in total. The number of carbonyl (C=O) groups is 1. The van der Waals surface area contributed by atoms with Crippen molar-refractivity contribution in [3.8, 4) is 0 Å². The van der Waals surface area contributed by atoms with E-state index < -0.39 is 6.10 Å². The first-order chi connectivity index (χ1) is 10.1. The molecule has 1 amide bonds. The first-order valence-corrected chi connectivity index (χ1v) is 6.99. The van der Waals surface area contributed by atoms with Gasteiger partial charge < -0.3 is 10.1 Å². The molecule has 110 valence electrons. The van der Waals surface area contributed by atoms with Gasteiger partial charge in [0, 0.05) is 13.3 Å². The highest BCUT2D eigenvalue weighted by Gasteiger charge is 2.22. The van der Waals surface area contributed by atoms with Crippen molar-refractivity contribution in [2.45, 2.75) is 19.1 Å². The van der Waals surface area contributed by atoms with Crippen LogP contribution in [0.25, 0.3) is 0 Å². The Bertz CT molecular complexity index is 587. The Labute approximate surface area is 129 Å². The number of benzene rings is 1. The highest BCUT2D eigenvalue weighted by atomic mass is 35.5. The predicted molar refractivity (Wildman–Crippen MR) is 82.0 cm³/mol. The minimum Gasteiger partial charge on any atom is -0.367 e. The molecular weight excluding hydrogens is 288 g/mol. The maximum atomic E-state index is 12.3. The summed E-state index contributed by atoms with van der Waals surface area (Å²) in [7, 11) is 1.52. The van der Waals surface area contributed by atoms with Crippen molar-refractivity contribution < 1.29 is 9.53 Å². The van der Waals surface area contributed by atoms with E-state index in [-0.39, 0.29) is 11.9 Å². The molecule has 0 aliphatic rings. The van der Waals surface area contributed by atoms with Gasteiger partial charge in [0.25, 0.3) is 5.91 Å². The van der Waals surface area contributed by atoms with Gasteiger partial charge in [-0.2, -0.15) is 0 Å². The van der Waals surface area contributed by atoms with Gasteiger partial charge in [0.1, 0.15) is 0 Å². The Kier molecular flexibility index (Phi) is 5.31. The van der Waals surface area contributed by atoms with Crippen molar-refractivity contribution >= 4 is 17.5 Å². The molecule has 0 aliphatic heterocycles. The lowest BCUT2D eigenvalue weighted by Crippen LogP contribution is -2.32. The van der Waals surface area contributed by atoms with Crippen LogP contribution in [0, 0.1) is 0 Å².